The molecule has 0 spiro atoms. The van der Waals surface area contributed by atoms with Crippen LogP contribution in [0.5, 0.6) is 0 Å². The van der Waals surface area contributed by atoms with Crippen LogP contribution in [0.1, 0.15) is 23.4 Å². The van der Waals surface area contributed by atoms with Crippen molar-refractivity contribution < 1.29 is 9.53 Å². The molecule has 0 aliphatic carbocycles. The Morgan fingerprint density at radius 1 is 1.72 bits per heavy atom. The number of fused-ring (bicyclic) bond motifs is 1. The first-order valence-corrected chi connectivity index (χ1v) is 6.64. The van der Waals surface area contributed by atoms with Gasteiger partial charge in [-0.2, -0.15) is 0 Å². The second-order valence-corrected chi connectivity index (χ2v) is 5.32. The molecule has 6 heteroatoms. The molecule has 0 aromatic carbocycles. The lowest BCUT2D eigenvalue weighted by atomic mass is 10.0. The van der Waals surface area contributed by atoms with Crippen LogP contribution in [-0.2, 0) is 16.0 Å². The minimum atomic E-state index is -0.553. The van der Waals surface area contributed by atoms with E-state index in [-0.39, 0.29) is 31.0 Å². The van der Waals surface area contributed by atoms with Gasteiger partial charge in [-0.25, -0.2) is 0 Å². The van der Waals surface area contributed by atoms with Crippen molar-refractivity contribution in [1.82, 2.24) is 4.90 Å². The van der Waals surface area contributed by atoms with Crippen LogP contribution >= 0.6 is 23.7 Å². The van der Waals surface area contributed by atoms with E-state index in [1.165, 1.54) is 10.4 Å². The molecule has 2 heterocycles. The molecular formula is C12H19ClN2O2S. The fourth-order valence-electron chi connectivity index (χ4n) is 2.27. The summed E-state index contributed by atoms with van der Waals surface area (Å²) >= 11 is 1.77. The third kappa shape index (κ3) is 2.85. The van der Waals surface area contributed by atoms with Crippen LogP contribution in [0.25, 0.3) is 0 Å². The molecule has 1 aliphatic heterocycles. The summed E-state index contributed by atoms with van der Waals surface area (Å²) in [6.45, 7) is 3.09. The summed E-state index contributed by atoms with van der Waals surface area (Å²) in [7, 11) is 1.56. The highest BCUT2D eigenvalue weighted by Crippen LogP contribution is 2.32. The Kier molecular flexibility index (Phi) is 5.59. The number of ether oxygens (including phenoxy) is 1. The monoisotopic (exact) mass is 290 g/mol. The Morgan fingerprint density at radius 2 is 2.44 bits per heavy atom. The molecule has 18 heavy (non-hydrogen) atoms. The first kappa shape index (κ1) is 15.4. The van der Waals surface area contributed by atoms with Crippen molar-refractivity contribution in [3.63, 3.8) is 0 Å². The van der Waals surface area contributed by atoms with Crippen LogP contribution < -0.4 is 5.73 Å². The average molecular weight is 291 g/mol. The predicted octanol–water partition coefficient (Wildman–Crippen LogP) is 1.59. The second kappa shape index (κ2) is 6.52. The van der Waals surface area contributed by atoms with Crippen molar-refractivity contribution in [2.24, 2.45) is 5.73 Å². The van der Waals surface area contributed by atoms with Crippen LogP contribution in [-0.4, -0.2) is 37.1 Å². The van der Waals surface area contributed by atoms with E-state index in [0.29, 0.717) is 0 Å². The molecule has 0 saturated carbocycles. The normalized spacial score (nSPS) is 19.9. The van der Waals surface area contributed by atoms with Gasteiger partial charge in [-0.3, -0.25) is 4.79 Å². The number of hydrogen-bond acceptors (Lipinski definition) is 4. The summed E-state index contributed by atoms with van der Waals surface area (Å²) in [5.41, 5.74) is 7.07. The Balaban J connectivity index is 0.00000162. The molecule has 0 fully saturated rings. The average Bonchev–Trinajstić information content (AvgIpc) is 2.78. The summed E-state index contributed by atoms with van der Waals surface area (Å²) in [6.07, 6.45) is 0.933. The summed E-state index contributed by atoms with van der Waals surface area (Å²) in [6, 6.07) is 1.68. The number of methoxy groups -OCH3 is 1. The predicted molar refractivity (Wildman–Crippen MR) is 75.3 cm³/mol. The number of rotatable bonds is 3. The molecule has 1 aromatic rings. The van der Waals surface area contributed by atoms with Crippen LogP contribution in [0.3, 0.4) is 0 Å². The number of carbonyl (C=O) groups is 1. The maximum atomic E-state index is 12.2. The smallest absolute Gasteiger partial charge is 0.242 e. The van der Waals surface area contributed by atoms with E-state index in [4.69, 9.17) is 10.5 Å². The third-order valence-electron chi connectivity index (χ3n) is 3.22. The fourth-order valence-corrected chi connectivity index (χ4v) is 3.24. The second-order valence-electron chi connectivity index (χ2n) is 4.32. The lowest BCUT2D eigenvalue weighted by Gasteiger charge is -2.35. The Bertz CT molecular complexity index is 411. The quantitative estimate of drug-likeness (QED) is 0.920. The standard InChI is InChI=1S/C12H18N2O2S.ClH/c1-8-9-4-6-17-11(9)3-5-14(8)12(15)10(13)7-16-2;/h4,6,8,10H,3,5,7,13H2,1-2H3;1H. The summed E-state index contributed by atoms with van der Waals surface area (Å²) in [5.74, 6) is -0.0174. The number of nitrogens with zero attached hydrogens (tertiary/aromatic N) is 1. The van der Waals surface area contributed by atoms with Gasteiger partial charge in [-0.1, -0.05) is 0 Å². The number of nitrogens with two attached hydrogens (primary N) is 1. The highest BCUT2D eigenvalue weighted by Gasteiger charge is 2.30. The Morgan fingerprint density at radius 3 is 3.11 bits per heavy atom. The zero-order chi connectivity index (χ0) is 12.4. The molecular weight excluding hydrogens is 272 g/mol. The van der Waals surface area contributed by atoms with Crippen molar-refractivity contribution in [2.75, 3.05) is 20.3 Å². The number of amides is 1. The van der Waals surface area contributed by atoms with Crippen molar-refractivity contribution in [2.45, 2.75) is 25.4 Å². The number of hydrogen-bond donors (Lipinski definition) is 1. The summed E-state index contributed by atoms with van der Waals surface area (Å²) in [4.78, 5) is 15.4. The maximum Gasteiger partial charge on any atom is 0.242 e. The number of carbonyl (C=O) groups excluding carboxylic acids is 1. The number of thiophene rings is 1. The Labute approximate surface area is 118 Å². The molecule has 102 valence electrons. The highest BCUT2D eigenvalue weighted by atomic mass is 35.5. The van der Waals surface area contributed by atoms with Gasteiger partial charge >= 0.3 is 0 Å². The van der Waals surface area contributed by atoms with Gasteiger partial charge in [-0.15, -0.1) is 23.7 Å². The topological polar surface area (TPSA) is 55.6 Å². The van der Waals surface area contributed by atoms with E-state index >= 15 is 0 Å². The van der Waals surface area contributed by atoms with Gasteiger partial charge in [0.1, 0.15) is 6.04 Å². The minimum Gasteiger partial charge on any atom is -0.383 e. The molecule has 2 N–H and O–H groups in total. The molecule has 1 amide bonds. The van der Waals surface area contributed by atoms with E-state index in [0.717, 1.165) is 13.0 Å². The van der Waals surface area contributed by atoms with Crippen LogP contribution in [0.2, 0.25) is 0 Å². The van der Waals surface area contributed by atoms with Gasteiger partial charge in [0.2, 0.25) is 5.91 Å². The molecule has 0 radical (unpaired) electrons. The lowest BCUT2D eigenvalue weighted by molar-refractivity contribution is -0.136. The third-order valence-corrected chi connectivity index (χ3v) is 4.22. The van der Waals surface area contributed by atoms with E-state index in [9.17, 15) is 4.79 Å². The van der Waals surface area contributed by atoms with Crippen LogP contribution in [0.4, 0.5) is 0 Å². The van der Waals surface area contributed by atoms with Crippen LogP contribution in [0.15, 0.2) is 11.4 Å². The van der Waals surface area contributed by atoms with E-state index < -0.39 is 6.04 Å². The minimum absolute atomic E-state index is 0. The Hall–Kier alpha value is -0.620. The fraction of sp³-hybridized carbons (Fsp3) is 0.583. The molecule has 1 aromatic heterocycles. The van der Waals surface area contributed by atoms with Crippen molar-refractivity contribution >= 4 is 29.7 Å². The highest BCUT2D eigenvalue weighted by molar-refractivity contribution is 7.10. The molecule has 2 rings (SSSR count). The maximum absolute atomic E-state index is 12.2. The summed E-state index contributed by atoms with van der Waals surface area (Å²) < 4.78 is 4.93. The first-order valence-electron chi connectivity index (χ1n) is 5.76. The largest absolute Gasteiger partial charge is 0.383 e. The van der Waals surface area contributed by atoms with E-state index in [2.05, 4.69) is 18.4 Å². The van der Waals surface area contributed by atoms with Crippen molar-refractivity contribution in [1.29, 1.82) is 0 Å². The molecule has 1 aliphatic rings. The van der Waals surface area contributed by atoms with Gasteiger partial charge in [0.25, 0.3) is 0 Å². The van der Waals surface area contributed by atoms with Gasteiger partial charge in [0.05, 0.1) is 12.6 Å². The molecule has 0 bridgehead atoms. The van der Waals surface area contributed by atoms with Crippen LogP contribution in [0, 0.1) is 0 Å². The van der Waals surface area contributed by atoms with E-state index in [1.54, 1.807) is 18.4 Å². The number of halogens is 1. The van der Waals surface area contributed by atoms with Gasteiger partial charge < -0.3 is 15.4 Å². The van der Waals surface area contributed by atoms with Crippen molar-refractivity contribution in [3.8, 4) is 0 Å². The summed E-state index contributed by atoms with van der Waals surface area (Å²) in [5, 5.41) is 2.09. The van der Waals surface area contributed by atoms with Gasteiger partial charge in [-0.05, 0) is 30.4 Å². The molecule has 2 atom stereocenters. The SMILES string of the molecule is COCC(N)C(=O)N1CCc2sccc2C1C.Cl. The van der Waals surface area contributed by atoms with Gasteiger partial charge in [0.15, 0.2) is 0 Å². The lowest BCUT2D eigenvalue weighted by Crippen LogP contribution is -2.49. The van der Waals surface area contributed by atoms with E-state index in [1.807, 2.05) is 4.90 Å². The molecule has 4 nitrogen and oxygen atoms in total. The first-order chi connectivity index (χ1) is 8.15. The molecule has 0 saturated heterocycles. The van der Waals surface area contributed by atoms with Gasteiger partial charge in [0, 0.05) is 18.5 Å². The van der Waals surface area contributed by atoms with Crippen molar-refractivity contribution in [3.05, 3.63) is 21.9 Å². The zero-order valence-corrected chi connectivity index (χ0v) is 12.2. The zero-order valence-electron chi connectivity index (χ0n) is 10.6. The molecule has 2 unspecified atom stereocenters.